The number of carbonyl (C=O) groups excluding carboxylic acids is 2. The van der Waals surface area contributed by atoms with Gasteiger partial charge in [0.15, 0.2) is 5.78 Å². The van der Waals surface area contributed by atoms with Crippen molar-refractivity contribution in [2.75, 3.05) is 44.8 Å². The van der Waals surface area contributed by atoms with Gasteiger partial charge in [-0.2, -0.15) is 5.10 Å². The van der Waals surface area contributed by atoms with E-state index in [4.69, 9.17) is 9.84 Å². The van der Waals surface area contributed by atoms with E-state index in [-0.39, 0.29) is 23.5 Å². The van der Waals surface area contributed by atoms with Crippen molar-refractivity contribution in [3.8, 4) is 5.75 Å². The van der Waals surface area contributed by atoms with Gasteiger partial charge in [-0.25, -0.2) is 4.39 Å². The predicted octanol–water partition coefficient (Wildman–Crippen LogP) is 2.84. The first-order chi connectivity index (χ1) is 16.4. The lowest BCUT2D eigenvalue weighted by molar-refractivity contribution is -0.134. The van der Waals surface area contributed by atoms with Crippen LogP contribution in [0.2, 0.25) is 0 Å². The molecule has 7 nitrogen and oxygen atoms in total. The zero-order valence-corrected chi connectivity index (χ0v) is 19.5. The number of nitrogens with zero attached hydrogens (tertiary/aromatic N) is 4. The Morgan fingerprint density at radius 2 is 2.00 bits per heavy atom. The molecule has 1 unspecified atom stereocenters. The molecule has 2 aromatic rings. The van der Waals surface area contributed by atoms with Crippen molar-refractivity contribution in [1.29, 1.82) is 0 Å². The predicted molar refractivity (Wildman–Crippen MR) is 128 cm³/mol. The van der Waals surface area contributed by atoms with Crippen LogP contribution in [0.1, 0.15) is 25.3 Å². The molecule has 0 spiro atoms. The molecular formula is C26H29FN4O3. The summed E-state index contributed by atoms with van der Waals surface area (Å²) < 4.78 is 20.2. The minimum absolute atomic E-state index is 0.106. The van der Waals surface area contributed by atoms with Gasteiger partial charge in [-0.05, 0) is 37.1 Å². The summed E-state index contributed by atoms with van der Waals surface area (Å²) in [4.78, 5) is 29.0. The van der Waals surface area contributed by atoms with Crippen LogP contribution in [0.5, 0.6) is 5.75 Å². The minimum Gasteiger partial charge on any atom is -0.489 e. The lowest BCUT2D eigenvalue weighted by Crippen LogP contribution is -2.54. The fraction of sp³-hybridized carbons (Fsp3) is 0.423. The van der Waals surface area contributed by atoms with Gasteiger partial charge in [0, 0.05) is 33.1 Å². The third kappa shape index (κ3) is 3.76. The number of carbonyl (C=O) groups is 2. The SMILES string of the molecule is CC(=O)C1=NN2c3cc(F)ccc3OCC2[C@@]1(CCCN1CCN(C)C(=O)C1)c1ccccc1. The first-order valence-corrected chi connectivity index (χ1v) is 11.7. The molecule has 8 heteroatoms. The Balaban J connectivity index is 1.50. The van der Waals surface area contributed by atoms with E-state index >= 15 is 0 Å². The molecule has 0 bridgehead atoms. The second kappa shape index (κ2) is 8.83. The Morgan fingerprint density at radius 1 is 1.21 bits per heavy atom. The van der Waals surface area contributed by atoms with Crippen molar-refractivity contribution < 1.29 is 18.7 Å². The smallest absolute Gasteiger partial charge is 0.236 e. The van der Waals surface area contributed by atoms with E-state index in [9.17, 15) is 14.0 Å². The van der Waals surface area contributed by atoms with Crippen LogP contribution in [0.3, 0.4) is 0 Å². The second-order valence-corrected chi connectivity index (χ2v) is 9.32. The van der Waals surface area contributed by atoms with Crippen LogP contribution in [-0.2, 0) is 15.0 Å². The molecule has 3 aliphatic rings. The largest absolute Gasteiger partial charge is 0.489 e. The van der Waals surface area contributed by atoms with Gasteiger partial charge in [0.2, 0.25) is 5.91 Å². The van der Waals surface area contributed by atoms with E-state index in [1.807, 2.05) is 37.4 Å². The topological polar surface area (TPSA) is 65.5 Å². The fourth-order valence-electron chi connectivity index (χ4n) is 5.49. The maximum atomic E-state index is 14.2. The molecule has 34 heavy (non-hydrogen) atoms. The number of amides is 1. The molecule has 0 aromatic heterocycles. The van der Waals surface area contributed by atoms with Crippen molar-refractivity contribution in [2.24, 2.45) is 5.10 Å². The maximum Gasteiger partial charge on any atom is 0.236 e. The Hall–Kier alpha value is -3.26. The Bertz CT molecular complexity index is 1140. The van der Waals surface area contributed by atoms with E-state index < -0.39 is 5.41 Å². The number of fused-ring (bicyclic) bond motifs is 3. The van der Waals surface area contributed by atoms with Crippen LogP contribution in [0, 0.1) is 5.82 Å². The van der Waals surface area contributed by atoms with E-state index in [0.717, 1.165) is 31.6 Å². The number of hydrazone groups is 1. The Kier molecular flexibility index (Phi) is 5.85. The van der Waals surface area contributed by atoms with Gasteiger partial charge in [0.25, 0.3) is 0 Å². The van der Waals surface area contributed by atoms with Crippen LogP contribution in [0.4, 0.5) is 10.1 Å². The van der Waals surface area contributed by atoms with Crippen LogP contribution < -0.4 is 9.75 Å². The van der Waals surface area contributed by atoms with Crippen molar-refractivity contribution in [3.05, 3.63) is 59.9 Å². The number of ketones is 1. The quantitative estimate of drug-likeness (QED) is 0.658. The summed E-state index contributed by atoms with van der Waals surface area (Å²) in [5.41, 5.74) is 1.30. The molecule has 2 atom stereocenters. The lowest BCUT2D eigenvalue weighted by Gasteiger charge is -2.42. The zero-order valence-electron chi connectivity index (χ0n) is 19.5. The number of hydrogen-bond donors (Lipinski definition) is 0. The Labute approximate surface area is 198 Å². The second-order valence-electron chi connectivity index (χ2n) is 9.32. The third-order valence-electron chi connectivity index (χ3n) is 7.26. The number of rotatable bonds is 6. The van der Waals surface area contributed by atoms with Gasteiger partial charge in [0.05, 0.1) is 12.0 Å². The average Bonchev–Trinajstić information content (AvgIpc) is 3.18. The first-order valence-electron chi connectivity index (χ1n) is 11.7. The summed E-state index contributed by atoms with van der Waals surface area (Å²) >= 11 is 0. The Morgan fingerprint density at radius 3 is 2.74 bits per heavy atom. The average molecular weight is 465 g/mol. The van der Waals surface area contributed by atoms with E-state index in [0.29, 0.717) is 36.7 Å². The molecule has 5 rings (SSSR count). The van der Waals surface area contributed by atoms with Crippen LogP contribution in [-0.4, -0.2) is 73.1 Å². The highest BCUT2D eigenvalue weighted by Crippen LogP contribution is 2.48. The highest BCUT2D eigenvalue weighted by molar-refractivity contribution is 6.43. The monoisotopic (exact) mass is 464 g/mol. The molecule has 1 saturated heterocycles. The number of halogens is 1. The summed E-state index contributed by atoms with van der Waals surface area (Å²) in [6.07, 6.45) is 1.43. The normalized spacial score (nSPS) is 24.4. The number of anilines is 1. The van der Waals surface area contributed by atoms with E-state index in [1.165, 1.54) is 12.1 Å². The molecule has 0 saturated carbocycles. The summed E-state index contributed by atoms with van der Waals surface area (Å²) in [5, 5.41) is 6.57. The van der Waals surface area contributed by atoms with Crippen LogP contribution in [0.15, 0.2) is 53.6 Å². The van der Waals surface area contributed by atoms with Crippen molar-refractivity contribution >= 4 is 23.1 Å². The number of ether oxygens (including phenoxy) is 1. The first kappa shape index (κ1) is 22.5. The zero-order chi connectivity index (χ0) is 23.9. The molecule has 0 N–H and O–H groups in total. The van der Waals surface area contributed by atoms with Gasteiger partial charge in [-0.3, -0.25) is 19.5 Å². The van der Waals surface area contributed by atoms with Gasteiger partial charge >= 0.3 is 0 Å². The van der Waals surface area contributed by atoms with Gasteiger partial charge in [0.1, 0.15) is 35.6 Å². The molecule has 178 valence electrons. The molecule has 2 aromatic carbocycles. The number of piperazine rings is 1. The number of likely N-dealkylation sites (N-methyl/N-ethyl adjacent to an activating group) is 1. The molecule has 0 aliphatic carbocycles. The molecule has 0 radical (unpaired) electrons. The minimum atomic E-state index is -0.701. The van der Waals surface area contributed by atoms with Gasteiger partial charge in [-0.1, -0.05) is 30.3 Å². The van der Waals surface area contributed by atoms with Crippen molar-refractivity contribution in [2.45, 2.75) is 31.2 Å². The van der Waals surface area contributed by atoms with Crippen LogP contribution in [0.25, 0.3) is 0 Å². The standard InChI is InChI=1S/C26H29FN4O3/c1-18(32)25-26(19-7-4-3-5-8-19,11-6-12-30-14-13-29(2)24(33)16-30)23-17-34-22-10-9-20(27)15-21(22)31(23)28-25/h3-5,7-10,15,23H,6,11-14,16-17H2,1-2H3/t23?,26-/m1/s1. The van der Waals surface area contributed by atoms with Gasteiger partial charge in [-0.15, -0.1) is 0 Å². The summed E-state index contributed by atoms with van der Waals surface area (Å²) in [6.45, 7) is 4.59. The molecule has 1 fully saturated rings. The van der Waals surface area contributed by atoms with Crippen molar-refractivity contribution in [1.82, 2.24) is 9.80 Å². The maximum absolute atomic E-state index is 14.2. The molecule has 3 aliphatic heterocycles. The number of hydrogen-bond acceptors (Lipinski definition) is 6. The molecular weight excluding hydrogens is 435 g/mol. The third-order valence-corrected chi connectivity index (χ3v) is 7.26. The fourth-order valence-corrected chi connectivity index (χ4v) is 5.49. The highest BCUT2D eigenvalue weighted by Gasteiger charge is 2.55. The van der Waals surface area contributed by atoms with Gasteiger partial charge < -0.3 is 9.64 Å². The summed E-state index contributed by atoms with van der Waals surface area (Å²) in [7, 11) is 1.83. The lowest BCUT2D eigenvalue weighted by atomic mass is 9.67. The van der Waals surface area contributed by atoms with Crippen LogP contribution >= 0.6 is 0 Å². The molecule has 1 amide bonds. The molecule has 3 heterocycles. The highest BCUT2D eigenvalue weighted by atomic mass is 19.1. The van der Waals surface area contributed by atoms with E-state index in [2.05, 4.69) is 4.90 Å². The number of Topliss-reactive ketones (excluding diaryl/α,β-unsaturated/α-hetero) is 1. The van der Waals surface area contributed by atoms with E-state index in [1.54, 1.807) is 22.9 Å². The van der Waals surface area contributed by atoms with Crippen molar-refractivity contribution in [3.63, 3.8) is 0 Å². The summed E-state index contributed by atoms with van der Waals surface area (Å²) in [5.74, 6) is 0.205. The number of benzene rings is 2. The summed E-state index contributed by atoms with van der Waals surface area (Å²) in [6, 6.07) is 14.1.